The monoisotopic (exact) mass is 283 g/mol. The second-order valence-corrected chi connectivity index (χ2v) is 6.23. The van der Waals surface area contributed by atoms with Crippen LogP contribution in [0.1, 0.15) is 49.1 Å². The molecule has 4 atom stereocenters. The molecule has 0 radical (unpaired) electrons. The van der Waals surface area contributed by atoms with Crippen LogP contribution in [0.5, 0.6) is 0 Å². The van der Waals surface area contributed by atoms with Gasteiger partial charge in [0.1, 0.15) is 0 Å². The molecule has 4 heteroatoms. The number of halogens is 3. The molecule has 0 bridgehead atoms. The summed E-state index contributed by atoms with van der Waals surface area (Å²) in [5.74, 6) is 1.26. The lowest BCUT2D eigenvalue weighted by Gasteiger charge is -2.42. The molecule has 20 heavy (non-hydrogen) atoms. The van der Waals surface area contributed by atoms with Crippen molar-refractivity contribution in [2.24, 2.45) is 17.6 Å². The Balaban J connectivity index is 1.79. The Morgan fingerprint density at radius 2 is 1.80 bits per heavy atom. The van der Waals surface area contributed by atoms with Crippen molar-refractivity contribution in [1.82, 2.24) is 0 Å². The Bertz CT molecular complexity index is 483. The summed E-state index contributed by atoms with van der Waals surface area (Å²) >= 11 is 0. The number of rotatable bonds is 2. The number of alkyl halides is 3. The molecule has 0 amide bonds. The minimum absolute atomic E-state index is 0.244. The van der Waals surface area contributed by atoms with Crippen LogP contribution in [0.3, 0.4) is 0 Å². The van der Waals surface area contributed by atoms with E-state index in [-0.39, 0.29) is 12.0 Å². The summed E-state index contributed by atoms with van der Waals surface area (Å²) in [6, 6.07) is 6.10. The number of hydrogen-bond donors (Lipinski definition) is 1. The molecule has 0 saturated heterocycles. The van der Waals surface area contributed by atoms with Gasteiger partial charge in [0.05, 0.1) is 5.56 Å². The average molecular weight is 283 g/mol. The van der Waals surface area contributed by atoms with Gasteiger partial charge in [-0.3, -0.25) is 0 Å². The van der Waals surface area contributed by atoms with Crippen LogP contribution in [0.4, 0.5) is 13.2 Å². The van der Waals surface area contributed by atoms with E-state index in [1.165, 1.54) is 12.1 Å². The fourth-order valence-electron chi connectivity index (χ4n) is 3.95. The van der Waals surface area contributed by atoms with Gasteiger partial charge in [-0.05, 0) is 55.1 Å². The van der Waals surface area contributed by atoms with E-state index in [9.17, 15) is 13.2 Å². The Kier molecular flexibility index (Phi) is 3.53. The van der Waals surface area contributed by atoms with Gasteiger partial charge < -0.3 is 5.73 Å². The Hall–Kier alpha value is -1.03. The smallest absolute Gasteiger partial charge is 0.327 e. The van der Waals surface area contributed by atoms with Gasteiger partial charge in [-0.1, -0.05) is 24.6 Å². The summed E-state index contributed by atoms with van der Waals surface area (Å²) in [6.07, 6.45) is 1.23. The van der Waals surface area contributed by atoms with E-state index in [1.54, 1.807) is 0 Å². The molecule has 0 aliphatic heterocycles. The molecule has 2 aliphatic carbocycles. The third kappa shape index (κ3) is 2.46. The second-order valence-electron chi connectivity index (χ2n) is 6.23. The minimum atomic E-state index is -4.25. The molecule has 4 unspecified atom stereocenters. The summed E-state index contributed by atoms with van der Waals surface area (Å²) in [4.78, 5) is 0. The highest BCUT2D eigenvalue weighted by molar-refractivity contribution is 5.30. The quantitative estimate of drug-likeness (QED) is 0.859. The molecule has 2 saturated carbocycles. The van der Waals surface area contributed by atoms with E-state index in [4.69, 9.17) is 5.73 Å². The van der Waals surface area contributed by atoms with Gasteiger partial charge in [0.25, 0.3) is 0 Å². The maximum Gasteiger partial charge on any atom is 0.416 e. The predicted molar refractivity (Wildman–Crippen MR) is 72.2 cm³/mol. The van der Waals surface area contributed by atoms with E-state index in [0.29, 0.717) is 11.8 Å². The number of nitrogens with two attached hydrogens (primary N) is 1. The van der Waals surface area contributed by atoms with Crippen molar-refractivity contribution < 1.29 is 13.2 Å². The van der Waals surface area contributed by atoms with Crippen LogP contribution in [0, 0.1) is 11.8 Å². The van der Waals surface area contributed by atoms with Crippen molar-refractivity contribution in [3.63, 3.8) is 0 Å². The Morgan fingerprint density at radius 1 is 1.00 bits per heavy atom. The Morgan fingerprint density at radius 3 is 2.35 bits per heavy atom. The van der Waals surface area contributed by atoms with Gasteiger partial charge in [-0.25, -0.2) is 0 Å². The molecule has 1 aromatic rings. The standard InChI is InChI=1S/C16H20F3N/c17-16(18,19)11-4-1-3-10(9-11)12-7-8-13(12)14-5-2-6-15(14)20/h1,3-4,9,12-15H,2,5-8,20H2. The Labute approximate surface area is 117 Å². The lowest BCUT2D eigenvalue weighted by atomic mass is 9.63. The zero-order chi connectivity index (χ0) is 14.3. The van der Waals surface area contributed by atoms with Crippen LogP contribution >= 0.6 is 0 Å². The molecular weight excluding hydrogens is 263 g/mol. The topological polar surface area (TPSA) is 26.0 Å². The van der Waals surface area contributed by atoms with Gasteiger partial charge in [0.15, 0.2) is 0 Å². The highest BCUT2D eigenvalue weighted by Crippen LogP contribution is 2.51. The van der Waals surface area contributed by atoms with Crippen molar-refractivity contribution in [3.8, 4) is 0 Å². The zero-order valence-corrected chi connectivity index (χ0v) is 11.4. The summed E-state index contributed by atoms with van der Waals surface area (Å²) in [5.41, 5.74) is 6.46. The molecule has 2 N–H and O–H groups in total. The van der Waals surface area contributed by atoms with Gasteiger partial charge in [-0.15, -0.1) is 0 Å². The van der Waals surface area contributed by atoms with Crippen LogP contribution < -0.4 is 5.73 Å². The van der Waals surface area contributed by atoms with Crippen molar-refractivity contribution >= 4 is 0 Å². The summed E-state index contributed by atoms with van der Waals surface area (Å²) in [7, 11) is 0. The highest BCUT2D eigenvalue weighted by Gasteiger charge is 2.42. The van der Waals surface area contributed by atoms with E-state index in [0.717, 1.165) is 43.7 Å². The molecule has 2 aliphatic rings. The SMILES string of the molecule is NC1CCCC1C1CCC1c1cccc(C(F)(F)F)c1. The predicted octanol–water partition coefficient (Wildman–Crippen LogP) is 4.33. The molecular formula is C16H20F3N. The van der Waals surface area contributed by atoms with E-state index in [1.807, 2.05) is 6.07 Å². The number of benzene rings is 1. The third-order valence-corrected chi connectivity index (χ3v) is 5.14. The van der Waals surface area contributed by atoms with Crippen molar-refractivity contribution in [3.05, 3.63) is 35.4 Å². The molecule has 0 aromatic heterocycles. The first kappa shape index (κ1) is 13.9. The molecule has 0 spiro atoms. The van der Waals surface area contributed by atoms with E-state index in [2.05, 4.69) is 0 Å². The van der Waals surface area contributed by atoms with Gasteiger partial charge in [0, 0.05) is 6.04 Å². The van der Waals surface area contributed by atoms with Gasteiger partial charge in [-0.2, -0.15) is 13.2 Å². The molecule has 2 fully saturated rings. The molecule has 0 heterocycles. The largest absolute Gasteiger partial charge is 0.416 e. The van der Waals surface area contributed by atoms with E-state index >= 15 is 0 Å². The third-order valence-electron chi connectivity index (χ3n) is 5.14. The van der Waals surface area contributed by atoms with Crippen LogP contribution in [-0.4, -0.2) is 6.04 Å². The van der Waals surface area contributed by atoms with E-state index < -0.39 is 11.7 Å². The minimum Gasteiger partial charge on any atom is -0.327 e. The van der Waals surface area contributed by atoms with Crippen LogP contribution in [-0.2, 0) is 6.18 Å². The highest BCUT2D eigenvalue weighted by atomic mass is 19.4. The maximum absolute atomic E-state index is 12.8. The molecule has 1 aromatic carbocycles. The lowest BCUT2D eigenvalue weighted by Crippen LogP contribution is -2.38. The first-order valence-corrected chi connectivity index (χ1v) is 7.39. The van der Waals surface area contributed by atoms with Crippen molar-refractivity contribution in [2.75, 3.05) is 0 Å². The van der Waals surface area contributed by atoms with Crippen molar-refractivity contribution in [1.29, 1.82) is 0 Å². The lowest BCUT2D eigenvalue weighted by molar-refractivity contribution is -0.137. The summed E-state index contributed by atoms with van der Waals surface area (Å²) in [6.45, 7) is 0. The second kappa shape index (κ2) is 5.06. The maximum atomic E-state index is 12.8. The first-order chi connectivity index (χ1) is 9.47. The van der Waals surface area contributed by atoms with Crippen molar-refractivity contribution in [2.45, 2.75) is 50.2 Å². The van der Waals surface area contributed by atoms with Crippen LogP contribution in [0.25, 0.3) is 0 Å². The summed E-state index contributed by atoms with van der Waals surface area (Å²) < 4.78 is 38.4. The first-order valence-electron chi connectivity index (χ1n) is 7.39. The molecule has 1 nitrogen and oxygen atoms in total. The number of hydrogen-bond acceptors (Lipinski definition) is 1. The molecule has 3 rings (SSSR count). The fraction of sp³-hybridized carbons (Fsp3) is 0.625. The summed E-state index contributed by atoms with van der Waals surface area (Å²) in [5, 5.41) is 0. The van der Waals surface area contributed by atoms with Crippen LogP contribution in [0.2, 0.25) is 0 Å². The molecule has 110 valence electrons. The normalized spacial score (nSPS) is 34.0. The van der Waals surface area contributed by atoms with Gasteiger partial charge in [0.2, 0.25) is 0 Å². The fourth-order valence-corrected chi connectivity index (χ4v) is 3.95. The average Bonchev–Trinajstić information content (AvgIpc) is 2.74. The van der Waals surface area contributed by atoms with Crippen LogP contribution in [0.15, 0.2) is 24.3 Å². The zero-order valence-electron chi connectivity index (χ0n) is 11.4. The van der Waals surface area contributed by atoms with Gasteiger partial charge >= 0.3 is 6.18 Å².